The minimum atomic E-state index is -0.383. The fourth-order valence-electron chi connectivity index (χ4n) is 3.69. The molecule has 1 aliphatic heterocycles. The number of hydrogen-bond acceptors (Lipinski definition) is 3. The quantitative estimate of drug-likeness (QED) is 0.821. The van der Waals surface area contributed by atoms with E-state index >= 15 is 0 Å². The molecule has 120 valence electrons. The van der Waals surface area contributed by atoms with Gasteiger partial charge in [-0.1, -0.05) is 12.8 Å². The van der Waals surface area contributed by atoms with Crippen LogP contribution in [0.3, 0.4) is 0 Å². The molecule has 1 saturated heterocycles. The van der Waals surface area contributed by atoms with E-state index in [1.807, 2.05) is 4.90 Å². The number of hydrogen-bond donors (Lipinski definition) is 2. The predicted molar refractivity (Wildman–Crippen MR) is 80.5 cm³/mol. The van der Waals surface area contributed by atoms with Crippen molar-refractivity contribution in [1.82, 2.24) is 10.2 Å². The zero-order valence-corrected chi connectivity index (χ0v) is 13.2. The Balaban J connectivity index is 2.04. The fourth-order valence-corrected chi connectivity index (χ4v) is 3.69. The van der Waals surface area contributed by atoms with Gasteiger partial charge in [0, 0.05) is 25.9 Å². The lowest BCUT2D eigenvalue weighted by molar-refractivity contribution is -0.140. The molecule has 21 heavy (non-hydrogen) atoms. The molecule has 0 bridgehead atoms. The van der Waals surface area contributed by atoms with Crippen molar-refractivity contribution in [3.8, 4) is 0 Å². The van der Waals surface area contributed by atoms with E-state index in [4.69, 9.17) is 0 Å². The third kappa shape index (κ3) is 4.19. The molecular weight excluding hydrogens is 268 g/mol. The summed E-state index contributed by atoms with van der Waals surface area (Å²) in [4.78, 5) is 26.1. The normalized spacial score (nSPS) is 26.4. The van der Waals surface area contributed by atoms with E-state index in [0.29, 0.717) is 6.54 Å². The highest BCUT2D eigenvalue weighted by molar-refractivity contribution is 5.87. The largest absolute Gasteiger partial charge is 0.393 e. The van der Waals surface area contributed by atoms with Crippen LogP contribution >= 0.6 is 0 Å². The molecule has 2 aliphatic rings. The Bertz CT molecular complexity index is 378. The molecule has 0 aromatic heterocycles. The van der Waals surface area contributed by atoms with Crippen LogP contribution in [0.4, 0.5) is 0 Å². The summed E-state index contributed by atoms with van der Waals surface area (Å²) in [5.74, 6) is 0.337. The number of likely N-dealkylation sites (tertiary alicyclic amines) is 1. The predicted octanol–water partition coefficient (Wildman–Crippen LogP) is 1.30. The van der Waals surface area contributed by atoms with E-state index in [-0.39, 0.29) is 35.8 Å². The topological polar surface area (TPSA) is 69.6 Å². The molecule has 1 saturated carbocycles. The van der Waals surface area contributed by atoms with E-state index in [1.54, 1.807) is 6.92 Å². The third-order valence-electron chi connectivity index (χ3n) is 4.95. The van der Waals surface area contributed by atoms with Crippen LogP contribution in [0.1, 0.15) is 52.4 Å². The van der Waals surface area contributed by atoms with E-state index in [9.17, 15) is 14.7 Å². The fraction of sp³-hybridized carbons (Fsp3) is 0.875. The summed E-state index contributed by atoms with van der Waals surface area (Å²) < 4.78 is 0. The Hall–Kier alpha value is -1.10. The van der Waals surface area contributed by atoms with Crippen LogP contribution in [0.5, 0.6) is 0 Å². The molecule has 1 aliphatic carbocycles. The number of aliphatic hydroxyl groups is 1. The van der Waals surface area contributed by atoms with Crippen molar-refractivity contribution in [3.63, 3.8) is 0 Å². The van der Waals surface area contributed by atoms with Crippen molar-refractivity contribution >= 4 is 11.8 Å². The summed E-state index contributed by atoms with van der Waals surface area (Å²) in [5, 5.41) is 12.6. The summed E-state index contributed by atoms with van der Waals surface area (Å²) >= 11 is 0. The molecule has 5 nitrogen and oxygen atoms in total. The van der Waals surface area contributed by atoms with Gasteiger partial charge in [-0.25, -0.2) is 0 Å². The lowest BCUT2D eigenvalue weighted by atomic mass is 9.91. The molecule has 2 fully saturated rings. The first-order valence-electron chi connectivity index (χ1n) is 8.23. The molecule has 2 N–H and O–H groups in total. The summed E-state index contributed by atoms with van der Waals surface area (Å²) in [7, 11) is 0. The molecule has 2 rings (SSSR count). The smallest absolute Gasteiger partial charge is 0.245 e. The van der Waals surface area contributed by atoms with Crippen LogP contribution in [0, 0.1) is 11.8 Å². The molecule has 3 unspecified atom stereocenters. The lowest BCUT2D eigenvalue weighted by Gasteiger charge is -2.37. The third-order valence-corrected chi connectivity index (χ3v) is 4.95. The number of nitrogens with zero attached hydrogens (tertiary/aromatic N) is 1. The van der Waals surface area contributed by atoms with Crippen molar-refractivity contribution in [2.45, 2.75) is 64.5 Å². The summed E-state index contributed by atoms with van der Waals surface area (Å²) in [5.41, 5.74) is 0. The molecule has 1 heterocycles. The maximum atomic E-state index is 12.8. The zero-order valence-electron chi connectivity index (χ0n) is 13.2. The Kier molecular flexibility index (Phi) is 5.62. The Morgan fingerprint density at radius 3 is 2.33 bits per heavy atom. The monoisotopic (exact) mass is 296 g/mol. The van der Waals surface area contributed by atoms with Gasteiger partial charge in [0.25, 0.3) is 0 Å². The van der Waals surface area contributed by atoms with Crippen LogP contribution in [0.2, 0.25) is 0 Å². The first-order valence-corrected chi connectivity index (χ1v) is 8.23. The van der Waals surface area contributed by atoms with Gasteiger partial charge in [-0.2, -0.15) is 0 Å². The van der Waals surface area contributed by atoms with Gasteiger partial charge in [0.15, 0.2) is 0 Å². The van der Waals surface area contributed by atoms with Crippen molar-refractivity contribution in [3.05, 3.63) is 0 Å². The SMILES string of the molecule is CC(=O)NC(C(=O)N1CCCC(C(C)O)C1)C1CCCC1. The maximum Gasteiger partial charge on any atom is 0.245 e. The van der Waals surface area contributed by atoms with Crippen LogP contribution in [-0.2, 0) is 9.59 Å². The van der Waals surface area contributed by atoms with Crippen LogP contribution in [0.25, 0.3) is 0 Å². The van der Waals surface area contributed by atoms with E-state index < -0.39 is 0 Å². The maximum absolute atomic E-state index is 12.8. The van der Waals surface area contributed by atoms with Gasteiger partial charge in [-0.3, -0.25) is 9.59 Å². The molecule has 5 heteroatoms. The minimum Gasteiger partial charge on any atom is -0.393 e. The molecule has 3 atom stereocenters. The van der Waals surface area contributed by atoms with Crippen molar-refractivity contribution in [1.29, 1.82) is 0 Å². The highest BCUT2D eigenvalue weighted by atomic mass is 16.3. The molecule has 2 amide bonds. The second-order valence-electron chi connectivity index (χ2n) is 6.65. The Morgan fingerprint density at radius 2 is 1.76 bits per heavy atom. The zero-order chi connectivity index (χ0) is 15.4. The van der Waals surface area contributed by atoms with E-state index in [1.165, 1.54) is 6.92 Å². The number of amides is 2. The average molecular weight is 296 g/mol. The number of piperidine rings is 1. The summed E-state index contributed by atoms with van der Waals surface area (Å²) in [6.45, 7) is 4.62. The van der Waals surface area contributed by atoms with Crippen molar-refractivity contribution < 1.29 is 14.7 Å². The van der Waals surface area contributed by atoms with Gasteiger partial charge < -0.3 is 15.3 Å². The molecule has 0 aromatic rings. The van der Waals surface area contributed by atoms with E-state index in [0.717, 1.165) is 45.1 Å². The van der Waals surface area contributed by atoms with Crippen molar-refractivity contribution in [2.24, 2.45) is 11.8 Å². The average Bonchev–Trinajstić information content (AvgIpc) is 2.98. The molecular formula is C16H28N2O3. The van der Waals surface area contributed by atoms with Gasteiger partial charge in [-0.15, -0.1) is 0 Å². The van der Waals surface area contributed by atoms with Crippen molar-refractivity contribution in [2.75, 3.05) is 13.1 Å². The lowest BCUT2D eigenvalue weighted by Crippen LogP contribution is -2.54. The van der Waals surface area contributed by atoms with Crippen LogP contribution in [0.15, 0.2) is 0 Å². The van der Waals surface area contributed by atoms with Crippen LogP contribution < -0.4 is 5.32 Å². The highest BCUT2D eigenvalue weighted by Crippen LogP contribution is 2.30. The molecule has 0 radical (unpaired) electrons. The standard InChI is InChI=1S/C16H28N2O3/c1-11(19)14-8-5-9-18(10-14)16(21)15(17-12(2)20)13-6-3-4-7-13/h11,13-15,19H,3-10H2,1-2H3,(H,17,20). The number of aliphatic hydroxyl groups excluding tert-OH is 1. The first-order chi connectivity index (χ1) is 9.99. The molecule has 0 aromatic carbocycles. The van der Waals surface area contributed by atoms with Gasteiger partial charge in [0.2, 0.25) is 11.8 Å². The molecule has 0 spiro atoms. The highest BCUT2D eigenvalue weighted by Gasteiger charge is 2.36. The number of carbonyl (C=O) groups excluding carboxylic acids is 2. The second kappa shape index (κ2) is 7.25. The van der Waals surface area contributed by atoms with Gasteiger partial charge in [-0.05, 0) is 38.5 Å². The Morgan fingerprint density at radius 1 is 1.14 bits per heavy atom. The Labute approximate surface area is 127 Å². The van der Waals surface area contributed by atoms with Gasteiger partial charge in [0.05, 0.1) is 6.10 Å². The number of carbonyl (C=O) groups is 2. The van der Waals surface area contributed by atoms with Gasteiger partial charge in [0.1, 0.15) is 6.04 Å². The minimum absolute atomic E-state index is 0.0439. The van der Waals surface area contributed by atoms with Gasteiger partial charge >= 0.3 is 0 Å². The van der Waals surface area contributed by atoms with E-state index in [2.05, 4.69) is 5.32 Å². The summed E-state index contributed by atoms with van der Waals surface area (Å²) in [6.07, 6.45) is 5.84. The summed E-state index contributed by atoms with van der Waals surface area (Å²) in [6, 6.07) is -0.377. The first kappa shape index (κ1) is 16.3. The number of nitrogens with one attached hydrogen (secondary N) is 1. The number of rotatable bonds is 4. The second-order valence-corrected chi connectivity index (χ2v) is 6.65. The van der Waals surface area contributed by atoms with Crippen LogP contribution in [-0.4, -0.2) is 47.1 Å².